The van der Waals surface area contributed by atoms with E-state index in [1.54, 1.807) is 4.90 Å². The van der Waals surface area contributed by atoms with E-state index in [4.69, 9.17) is 0 Å². The molecule has 0 saturated carbocycles. The third-order valence-corrected chi connectivity index (χ3v) is 2.57. The Bertz CT molecular complexity index is 223. The summed E-state index contributed by atoms with van der Waals surface area (Å²) in [6.07, 6.45) is 0.421. The van der Waals surface area contributed by atoms with Gasteiger partial charge in [-0.2, -0.15) is 0 Å². The van der Waals surface area contributed by atoms with Gasteiger partial charge in [0.25, 0.3) is 0 Å². The average Bonchev–Trinajstić information content (AvgIpc) is 2.45. The Labute approximate surface area is 79.1 Å². The van der Waals surface area contributed by atoms with Crippen molar-refractivity contribution in [3.05, 3.63) is 0 Å². The van der Waals surface area contributed by atoms with Crippen LogP contribution in [0.15, 0.2) is 0 Å². The molecule has 1 heterocycles. The molecule has 0 aromatic heterocycles. The Balaban J connectivity index is 2.58. The van der Waals surface area contributed by atoms with Gasteiger partial charge in [-0.15, -0.1) is 0 Å². The molecule has 1 rings (SSSR count). The van der Waals surface area contributed by atoms with Crippen molar-refractivity contribution in [3.63, 3.8) is 0 Å². The first-order valence-electron chi connectivity index (χ1n) is 4.87. The summed E-state index contributed by atoms with van der Waals surface area (Å²) in [5, 5.41) is 0. The second-order valence-electron chi connectivity index (χ2n) is 3.89. The molecule has 1 amide bonds. The van der Waals surface area contributed by atoms with Gasteiger partial charge >= 0.3 is 0 Å². The Kier molecular flexibility index (Phi) is 3.07. The molecule has 0 spiro atoms. The molecule has 74 valence electrons. The number of likely N-dealkylation sites (tertiary alicyclic amines) is 1. The third-order valence-electron chi connectivity index (χ3n) is 2.57. The quantitative estimate of drug-likeness (QED) is 0.656. The number of amides is 1. The normalized spacial score (nSPS) is 22.9. The van der Waals surface area contributed by atoms with Gasteiger partial charge in [-0.05, 0) is 6.92 Å². The zero-order valence-corrected chi connectivity index (χ0v) is 8.54. The smallest absolute Gasteiger partial charge is 0.223 e. The van der Waals surface area contributed by atoms with Gasteiger partial charge in [0.1, 0.15) is 5.78 Å². The molecule has 13 heavy (non-hydrogen) atoms. The van der Waals surface area contributed by atoms with Gasteiger partial charge in [0.15, 0.2) is 0 Å². The van der Waals surface area contributed by atoms with Gasteiger partial charge in [0, 0.05) is 31.3 Å². The van der Waals surface area contributed by atoms with Crippen LogP contribution in [0.1, 0.15) is 27.2 Å². The summed E-state index contributed by atoms with van der Waals surface area (Å²) in [7, 11) is 0. The van der Waals surface area contributed by atoms with E-state index in [-0.39, 0.29) is 23.5 Å². The molecule has 3 heteroatoms. The van der Waals surface area contributed by atoms with E-state index in [0.29, 0.717) is 13.0 Å². The topological polar surface area (TPSA) is 37.4 Å². The molecule has 1 aliphatic rings. The number of hydrogen-bond donors (Lipinski definition) is 0. The maximum absolute atomic E-state index is 11.6. The van der Waals surface area contributed by atoms with Crippen LogP contribution >= 0.6 is 0 Å². The third kappa shape index (κ3) is 2.08. The van der Waals surface area contributed by atoms with Gasteiger partial charge in [0.05, 0.1) is 0 Å². The van der Waals surface area contributed by atoms with Crippen LogP contribution in [0.4, 0.5) is 0 Å². The molecule has 1 saturated heterocycles. The molecule has 1 atom stereocenters. The van der Waals surface area contributed by atoms with E-state index < -0.39 is 0 Å². The van der Waals surface area contributed by atoms with E-state index in [9.17, 15) is 9.59 Å². The number of nitrogens with zero attached hydrogens (tertiary/aromatic N) is 1. The predicted octanol–water partition coefficient (Wildman–Crippen LogP) is 1.08. The lowest BCUT2D eigenvalue weighted by Crippen LogP contribution is -2.26. The highest BCUT2D eigenvalue weighted by Gasteiger charge is 2.33. The molecule has 1 aliphatic heterocycles. The lowest BCUT2D eigenvalue weighted by molar-refractivity contribution is -0.129. The summed E-state index contributed by atoms with van der Waals surface area (Å²) in [5.41, 5.74) is 0. The second kappa shape index (κ2) is 3.90. The Morgan fingerprint density at radius 1 is 1.62 bits per heavy atom. The first-order chi connectivity index (χ1) is 6.06. The highest BCUT2D eigenvalue weighted by molar-refractivity contribution is 5.91. The van der Waals surface area contributed by atoms with Crippen molar-refractivity contribution in [2.24, 2.45) is 11.8 Å². The van der Waals surface area contributed by atoms with Crippen LogP contribution in [-0.2, 0) is 9.59 Å². The predicted molar refractivity (Wildman–Crippen MR) is 50.2 cm³/mol. The van der Waals surface area contributed by atoms with E-state index >= 15 is 0 Å². The van der Waals surface area contributed by atoms with Gasteiger partial charge in [-0.3, -0.25) is 9.59 Å². The van der Waals surface area contributed by atoms with Crippen molar-refractivity contribution >= 4 is 11.7 Å². The first-order valence-corrected chi connectivity index (χ1v) is 4.87. The summed E-state index contributed by atoms with van der Waals surface area (Å²) in [4.78, 5) is 24.6. The second-order valence-corrected chi connectivity index (χ2v) is 3.89. The van der Waals surface area contributed by atoms with Gasteiger partial charge < -0.3 is 4.90 Å². The molecule has 0 bridgehead atoms. The maximum atomic E-state index is 11.6. The summed E-state index contributed by atoms with van der Waals surface area (Å²) < 4.78 is 0. The molecule has 0 aliphatic carbocycles. The highest BCUT2D eigenvalue weighted by atomic mass is 16.2. The van der Waals surface area contributed by atoms with Gasteiger partial charge in [0.2, 0.25) is 5.91 Å². The zero-order valence-electron chi connectivity index (χ0n) is 8.54. The molecule has 1 fully saturated rings. The molecule has 1 unspecified atom stereocenters. The number of hydrogen-bond acceptors (Lipinski definition) is 2. The standard InChI is InChI=1S/C10H17NO2/c1-4-11-6-8(5-9(11)12)10(13)7(2)3/h7-8H,4-6H2,1-3H3. The van der Waals surface area contributed by atoms with E-state index in [1.807, 2.05) is 20.8 Å². The van der Waals surface area contributed by atoms with Crippen molar-refractivity contribution in [1.82, 2.24) is 4.90 Å². The van der Waals surface area contributed by atoms with Crippen LogP contribution in [0.25, 0.3) is 0 Å². The Morgan fingerprint density at radius 2 is 2.23 bits per heavy atom. The average molecular weight is 183 g/mol. The van der Waals surface area contributed by atoms with Crippen LogP contribution in [0.3, 0.4) is 0 Å². The van der Waals surface area contributed by atoms with Crippen LogP contribution in [-0.4, -0.2) is 29.7 Å². The van der Waals surface area contributed by atoms with Crippen molar-refractivity contribution in [2.75, 3.05) is 13.1 Å². The van der Waals surface area contributed by atoms with E-state index in [1.165, 1.54) is 0 Å². The van der Waals surface area contributed by atoms with Crippen molar-refractivity contribution in [3.8, 4) is 0 Å². The number of carbonyl (C=O) groups excluding carboxylic acids is 2. The minimum Gasteiger partial charge on any atom is -0.342 e. The van der Waals surface area contributed by atoms with Crippen molar-refractivity contribution in [2.45, 2.75) is 27.2 Å². The Morgan fingerprint density at radius 3 is 2.62 bits per heavy atom. The zero-order chi connectivity index (χ0) is 10.0. The molecular weight excluding hydrogens is 166 g/mol. The molecule has 3 nitrogen and oxygen atoms in total. The van der Waals surface area contributed by atoms with Crippen molar-refractivity contribution in [1.29, 1.82) is 0 Å². The fourth-order valence-corrected chi connectivity index (χ4v) is 1.74. The number of carbonyl (C=O) groups is 2. The summed E-state index contributed by atoms with van der Waals surface area (Å²) in [5.74, 6) is 0.354. The molecule has 0 radical (unpaired) electrons. The highest BCUT2D eigenvalue weighted by Crippen LogP contribution is 2.20. The number of rotatable bonds is 3. The van der Waals surface area contributed by atoms with Crippen LogP contribution in [0, 0.1) is 11.8 Å². The maximum Gasteiger partial charge on any atom is 0.223 e. The van der Waals surface area contributed by atoms with Crippen LogP contribution < -0.4 is 0 Å². The largest absolute Gasteiger partial charge is 0.342 e. The summed E-state index contributed by atoms with van der Waals surface area (Å²) >= 11 is 0. The minimum atomic E-state index is -0.0487. The van der Waals surface area contributed by atoms with E-state index in [2.05, 4.69) is 0 Å². The monoisotopic (exact) mass is 183 g/mol. The summed E-state index contributed by atoms with van der Waals surface area (Å²) in [6.45, 7) is 7.08. The molecule has 0 aromatic carbocycles. The fourth-order valence-electron chi connectivity index (χ4n) is 1.74. The summed E-state index contributed by atoms with van der Waals surface area (Å²) in [6, 6.07) is 0. The lowest BCUT2D eigenvalue weighted by atomic mass is 9.95. The molecule has 0 aromatic rings. The number of ketones is 1. The van der Waals surface area contributed by atoms with Gasteiger partial charge in [-0.25, -0.2) is 0 Å². The Hall–Kier alpha value is -0.860. The minimum absolute atomic E-state index is 0.0487. The van der Waals surface area contributed by atoms with Crippen molar-refractivity contribution < 1.29 is 9.59 Å². The van der Waals surface area contributed by atoms with E-state index in [0.717, 1.165) is 6.54 Å². The van der Waals surface area contributed by atoms with Crippen LogP contribution in [0.5, 0.6) is 0 Å². The fraction of sp³-hybridized carbons (Fsp3) is 0.800. The molecule has 0 N–H and O–H groups in total. The SMILES string of the molecule is CCN1CC(C(=O)C(C)C)CC1=O. The van der Waals surface area contributed by atoms with Crippen LogP contribution in [0.2, 0.25) is 0 Å². The van der Waals surface area contributed by atoms with Gasteiger partial charge in [-0.1, -0.05) is 13.8 Å². The lowest BCUT2D eigenvalue weighted by Gasteiger charge is -2.13. The first kappa shape index (κ1) is 10.2. The molecular formula is C10H17NO2. The number of Topliss-reactive ketones (excluding diaryl/α,β-unsaturated/α-hetero) is 1.